The highest BCUT2D eigenvalue weighted by Crippen LogP contribution is 2.23. The molecule has 2 nitrogen and oxygen atoms in total. The number of benzene rings is 1. The average Bonchev–Trinajstić information content (AvgIpc) is 2.12. The van der Waals surface area contributed by atoms with Crippen molar-refractivity contribution in [2.24, 2.45) is 0 Å². The molecule has 60 valence electrons. The molecule has 0 radical (unpaired) electrons. The maximum atomic E-state index is 9.35. The standard InChI is InChI=1S/C10H9NO/c1-7-8-4-2-3-5-9(8)11-6-10(7)12/h2-6,12H,1H3. The lowest BCUT2D eigenvalue weighted by Crippen LogP contribution is -1.82. The van der Waals surface area contributed by atoms with Crippen LogP contribution in [0.25, 0.3) is 10.9 Å². The summed E-state index contributed by atoms with van der Waals surface area (Å²) >= 11 is 0. The van der Waals surface area contributed by atoms with Crippen molar-refractivity contribution in [2.45, 2.75) is 6.92 Å². The van der Waals surface area contributed by atoms with E-state index < -0.39 is 0 Å². The number of hydrogen-bond acceptors (Lipinski definition) is 2. The van der Waals surface area contributed by atoms with Gasteiger partial charge < -0.3 is 5.11 Å². The van der Waals surface area contributed by atoms with Crippen molar-refractivity contribution in [1.82, 2.24) is 4.98 Å². The Hall–Kier alpha value is -1.57. The number of fused-ring (bicyclic) bond motifs is 1. The van der Waals surface area contributed by atoms with Crippen LogP contribution in [0.3, 0.4) is 0 Å². The van der Waals surface area contributed by atoms with E-state index in [4.69, 9.17) is 0 Å². The molecule has 0 unspecified atom stereocenters. The van der Waals surface area contributed by atoms with Gasteiger partial charge in [-0.2, -0.15) is 0 Å². The molecule has 1 N–H and O–H groups in total. The predicted octanol–water partition coefficient (Wildman–Crippen LogP) is 2.25. The van der Waals surface area contributed by atoms with Crippen LogP contribution in [-0.2, 0) is 0 Å². The van der Waals surface area contributed by atoms with Gasteiger partial charge in [-0.25, -0.2) is 0 Å². The number of hydrogen-bond donors (Lipinski definition) is 1. The average molecular weight is 159 g/mol. The molecule has 0 amide bonds. The first-order valence-electron chi connectivity index (χ1n) is 3.82. The van der Waals surface area contributed by atoms with Crippen LogP contribution >= 0.6 is 0 Å². The molecule has 0 spiro atoms. The first-order chi connectivity index (χ1) is 5.79. The lowest BCUT2D eigenvalue weighted by Gasteiger charge is -2.01. The molecular formula is C10H9NO. The molecule has 0 aliphatic carbocycles. The second-order valence-electron chi connectivity index (χ2n) is 2.79. The van der Waals surface area contributed by atoms with Gasteiger partial charge in [0.15, 0.2) is 0 Å². The fraction of sp³-hybridized carbons (Fsp3) is 0.100. The van der Waals surface area contributed by atoms with Gasteiger partial charge in [0, 0.05) is 10.9 Å². The summed E-state index contributed by atoms with van der Waals surface area (Å²) in [7, 11) is 0. The van der Waals surface area contributed by atoms with Crippen LogP contribution in [0.15, 0.2) is 30.5 Å². The Labute approximate surface area is 70.5 Å². The highest BCUT2D eigenvalue weighted by atomic mass is 16.3. The Morgan fingerprint density at radius 3 is 2.83 bits per heavy atom. The van der Waals surface area contributed by atoms with Crippen LogP contribution in [-0.4, -0.2) is 10.1 Å². The number of nitrogens with zero attached hydrogens (tertiary/aromatic N) is 1. The van der Waals surface area contributed by atoms with Crippen LogP contribution in [0.2, 0.25) is 0 Å². The third-order valence-corrected chi connectivity index (χ3v) is 2.02. The quantitative estimate of drug-likeness (QED) is 0.639. The maximum Gasteiger partial charge on any atom is 0.137 e. The summed E-state index contributed by atoms with van der Waals surface area (Å²) in [5.41, 5.74) is 1.81. The van der Waals surface area contributed by atoms with E-state index in [-0.39, 0.29) is 5.75 Å². The summed E-state index contributed by atoms with van der Waals surface area (Å²) in [4.78, 5) is 4.09. The van der Waals surface area contributed by atoms with Crippen molar-refractivity contribution in [1.29, 1.82) is 0 Å². The number of para-hydroxylation sites is 1. The van der Waals surface area contributed by atoms with Crippen LogP contribution < -0.4 is 0 Å². The van der Waals surface area contributed by atoms with Gasteiger partial charge in [0.2, 0.25) is 0 Å². The molecule has 0 fully saturated rings. The Bertz CT molecular complexity index is 423. The fourth-order valence-electron chi connectivity index (χ4n) is 1.27. The number of pyridine rings is 1. The summed E-state index contributed by atoms with van der Waals surface area (Å²) in [5.74, 6) is 0.258. The van der Waals surface area contributed by atoms with Crippen molar-refractivity contribution >= 4 is 10.9 Å². The van der Waals surface area contributed by atoms with Crippen LogP contribution in [0.5, 0.6) is 5.75 Å². The first-order valence-corrected chi connectivity index (χ1v) is 3.82. The summed E-state index contributed by atoms with van der Waals surface area (Å²) in [6, 6.07) is 7.77. The molecule has 2 rings (SSSR count). The van der Waals surface area contributed by atoms with E-state index in [0.29, 0.717) is 0 Å². The summed E-state index contributed by atoms with van der Waals surface area (Å²) in [6.07, 6.45) is 1.48. The van der Waals surface area contributed by atoms with E-state index in [1.54, 1.807) is 0 Å². The molecular weight excluding hydrogens is 150 g/mol. The zero-order valence-electron chi connectivity index (χ0n) is 6.78. The minimum atomic E-state index is 0.258. The Morgan fingerprint density at radius 1 is 1.25 bits per heavy atom. The molecule has 0 bridgehead atoms. The van der Waals surface area contributed by atoms with E-state index >= 15 is 0 Å². The second-order valence-corrected chi connectivity index (χ2v) is 2.79. The molecule has 1 heterocycles. The van der Waals surface area contributed by atoms with Gasteiger partial charge in [-0.3, -0.25) is 4.98 Å². The predicted molar refractivity (Wildman–Crippen MR) is 48.1 cm³/mol. The topological polar surface area (TPSA) is 33.1 Å². The number of aryl methyl sites for hydroxylation is 1. The smallest absolute Gasteiger partial charge is 0.137 e. The van der Waals surface area contributed by atoms with Crippen molar-refractivity contribution < 1.29 is 5.11 Å². The van der Waals surface area contributed by atoms with Gasteiger partial charge in [-0.05, 0) is 13.0 Å². The molecule has 1 aromatic carbocycles. The largest absolute Gasteiger partial charge is 0.506 e. The highest BCUT2D eigenvalue weighted by Gasteiger charge is 2.00. The van der Waals surface area contributed by atoms with Gasteiger partial charge in [0.25, 0.3) is 0 Å². The Morgan fingerprint density at radius 2 is 2.00 bits per heavy atom. The molecule has 1 aromatic heterocycles. The molecule has 2 aromatic rings. The van der Waals surface area contributed by atoms with Gasteiger partial charge in [-0.15, -0.1) is 0 Å². The third kappa shape index (κ3) is 0.925. The molecule has 12 heavy (non-hydrogen) atoms. The number of rotatable bonds is 0. The van der Waals surface area contributed by atoms with E-state index in [2.05, 4.69) is 4.98 Å². The lowest BCUT2D eigenvalue weighted by atomic mass is 10.1. The summed E-state index contributed by atoms with van der Waals surface area (Å²) in [5, 5.41) is 10.4. The maximum absolute atomic E-state index is 9.35. The minimum absolute atomic E-state index is 0.258. The van der Waals surface area contributed by atoms with Crippen molar-refractivity contribution in [2.75, 3.05) is 0 Å². The number of aromatic hydroxyl groups is 1. The molecule has 2 heteroatoms. The van der Waals surface area contributed by atoms with Crippen LogP contribution in [0, 0.1) is 6.92 Å². The lowest BCUT2D eigenvalue weighted by molar-refractivity contribution is 0.470. The zero-order valence-corrected chi connectivity index (χ0v) is 6.78. The van der Waals surface area contributed by atoms with Gasteiger partial charge in [-0.1, -0.05) is 18.2 Å². The zero-order chi connectivity index (χ0) is 8.55. The van der Waals surface area contributed by atoms with Crippen LogP contribution in [0.4, 0.5) is 0 Å². The highest BCUT2D eigenvalue weighted by molar-refractivity contribution is 5.83. The minimum Gasteiger partial charge on any atom is -0.506 e. The molecule has 0 saturated carbocycles. The van der Waals surface area contributed by atoms with Gasteiger partial charge in [0.05, 0.1) is 11.7 Å². The van der Waals surface area contributed by atoms with E-state index in [9.17, 15) is 5.11 Å². The van der Waals surface area contributed by atoms with Gasteiger partial charge >= 0.3 is 0 Å². The Kier molecular flexibility index (Phi) is 1.47. The third-order valence-electron chi connectivity index (χ3n) is 2.02. The Balaban J connectivity index is 2.91. The van der Waals surface area contributed by atoms with E-state index in [1.807, 2.05) is 31.2 Å². The molecule has 0 atom stereocenters. The number of aromatic nitrogens is 1. The fourth-order valence-corrected chi connectivity index (χ4v) is 1.27. The normalized spacial score (nSPS) is 10.4. The molecule has 0 aliphatic heterocycles. The summed E-state index contributed by atoms with van der Waals surface area (Å²) < 4.78 is 0. The second kappa shape index (κ2) is 2.48. The monoisotopic (exact) mass is 159 g/mol. The van der Waals surface area contributed by atoms with Crippen molar-refractivity contribution in [3.63, 3.8) is 0 Å². The summed E-state index contributed by atoms with van der Waals surface area (Å²) in [6.45, 7) is 1.89. The van der Waals surface area contributed by atoms with Gasteiger partial charge in [0.1, 0.15) is 5.75 Å². The first kappa shape index (κ1) is 7.10. The van der Waals surface area contributed by atoms with E-state index in [0.717, 1.165) is 16.5 Å². The van der Waals surface area contributed by atoms with Crippen LogP contribution in [0.1, 0.15) is 5.56 Å². The van der Waals surface area contributed by atoms with Crippen molar-refractivity contribution in [3.8, 4) is 5.75 Å². The molecule has 0 aliphatic rings. The van der Waals surface area contributed by atoms with E-state index in [1.165, 1.54) is 6.20 Å². The van der Waals surface area contributed by atoms with Crippen molar-refractivity contribution in [3.05, 3.63) is 36.0 Å². The SMILES string of the molecule is Cc1c(O)cnc2ccccc12. The molecule has 0 saturated heterocycles.